The number of allylic oxidation sites excluding steroid dienone is 3. The van der Waals surface area contributed by atoms with Crippen LogP contribution in [0.4, 0.5) is 0 Å². The van der Waals surface area contributed by atoms with Crippen LogP contribution in [-0.2, 0) is 9.59 Å². The first-order valence-corrected chi connectivity index (χ1v) is 4.20. The van der Waals surface area contributed by atoms with Gasteiger partial charge in [0.2, 0.25) is 5.41 Å². The van der Waals surface area contributed by atoms with Crippen LogP contribution < -0.4 is 0 Å². The fourth-order valence-electron chi connectivity index (χ4n) is 1.48. The number of nitrogens with zero attached hydrogens (tertiary/aromatic N) is 1. The monoisotopic (exact) mass is 205 g/mol. The second-order valence-electron chi connectivity index (χ2n) is 3.24. The summed E-state index contributed by atoms with van der Waals surface area (Å²) >= 11 is 0. The SMILES string of the molecule is O=C(O)C1(C(=O)O)C=CC2=NC=CC2=C1. The summed E-state index contributed by atoms with van der Waals surface area (Å²) in [5, 5.41) is 17.9. The van der Waals surface area contributed by atoms with E-state index in [-0.39, 0.29) is 0 Å². The number of hydrogen-bond acceptors (Lipinski definition) is 3. The van der Waals surface area contributed by atoms with Crippen LogP contribution in [0, 0.1) is 5.41 Å². The fraction of sp³-hybridized carbons (Fsp3) is 0.100. The highest BCUT2D eigenvalue weighted by atomic mass is 16.4. The van der Waals surface area contributed by atoms with Gasteiger partial charge in [0.15, 0.2) is 0 Å². The zero-order valence-electron chi connectivity index (χ0n) is 7.54. The summed E-state index contributed by atoms with van der Waals surface area (Å²) in [6.45, 7) is 0. The molecule has 15 heavy (non-hydrogen) atoms. The van der Waals surface area contributed by atoms with Crippen molar-refractivity contribution in [1.29, 1.82) is 0 Å². The first-order valence-electron chi connectivity index (χ1n) is 4.20. The summed E-state index contributed by atoms with van der Waals surface area (Å²) in [5.41, 5.74) is -0.848. The van der Waals surface area contributed by atoms with Crippen molar-refractivity contribution >= 4 is 17.7 Å². The van der Waals surface area contributed by atoms with Crippen LogP contribution in [-0.4, -0.2) is 27.9 Å². The van der Waals surface area contributed by atoms with Crippen molar-refractivity contribution < 1.29 is 19.8 Å². The lowest BCUT2D eigenvalue weighted by Crippen LogP contribution is -2.37. The van der Waals surface area contributed by atoms with E-state index in [1.54, 1.807) is 6.08 Å². The van der Waals surface area contributed by atoms with E-state index in [1.165, 1.54) is 18.4 Å². The smallest absolute Gasteiger partial charge is 0.329 e. The number of aliphatic imine (C=N–C) groups is 1. The van der Waals surface area contributed by atoms with Crippen LogP contribution in [0.3, 0.4) is 0 Å². The molecule has 0 amide bonds. The molecule has 0 radical (unpaired) electrons. The Labute approximate surface area is 84.8 Å². The lowest BCUT2D eigenvalue weighted by atomic mass is 9.81. The molecule has 0 aromatic carbocycles. The molecule has 1 aliphatic heterocycles. The van der Waals surface area contributed by atoms with Gasteiger partial charge in [0, 0.05) is 6.20 Å². The zero-order valence-corrected chi connectivity index (χ0v) is 7.54. The van der Waals surface area contributed by atoms with Gasteiger partial charge in [-0.15, -0.1) is 0 Å². The number of aliphatic carboxylic acids is 2. The molecule has 0 aromatic heterocycles. The second kappa shape index (κ2) is 2.91. The summed E-state index contributed by atoms with van der Waals surface area (Å²) in [6.07, 6.45) is 6.83. The van der Waals surface area contributed by atoms with Crippen molar-refractivity contribution in [2.75, 3.05) is 0 Å². The topological polar surface area (TPSA) is 87.0 Å². The molecule has 1 heterocycles. The van der Waals surface area contributed by atoms with Gasteiger partial charge in [-0.25, -0.2) is 0 Å². The van der Waals surface area contributed by atoms with Crippen LogP contribution in [0.25, 0.3) is 0 Å². The van der Waals surface area contributed by atoms with Gasteiger partial charge in [-0.2, -0.15) is 0 Å². The number of carboxylic acid groups (broad SMARTS) is 2. The number of fused-ring (bicyclic) bond motifs is 1. The molecular formula is C10H7NO4. The van der Waals surface area contributed by atoms with Gasteiger partial charge < -0.3 is 10.2 Å². The Morgan fingerprint density at radius 1 is 1.20 bits per heavy atom. The third kappa shape index (κ3) is 1.20. The minimum absolute atomic E-state index is 0.530. The summed E-state index contributed by atoms with van der Waals surface area (Å²) in [6, 6.07) is 0. The van der Waals surface area contributed by atoms with Crippen molar-refractivity contribution in [2.45, 2.75) is 0 Å². The Bertz CT molecular complexity index is 454. The standard InChI is InChI=1S/C10H7NO4/c12-8(13)10(9(14)15)3-1-7-6(5-10)2-4-11-7/h1-5H,(H,12,13)(H,14,15). The zero-order chi connectivity index (χ0) is 11.1. The van der Waals surface area contributed by atoms with E-state index in [4.69, 9.17) is 10.2 Å². The molecule has 0 unspecified atom stereocenters. The molecule has 0 bridgehead atoms. The number of rotatable bonds is 2. The Kier molecular flexibility index (Phi) is 1.82. The fourth-order valence-corrected chi connectivity index (χ4v) is 1.48. The molecule has 2 N–H and O–H groups in total. The van der Waals surface area contributed by atoms with Crippen LogP contribution in [0.5, 0.6) is 0 Å². The highest BCUT2D eigenvalue weighted by molar-refractivity contribution is 6.17. The molecule has 2 rings (SSSR count). The van der Waals surface area contributed by atoms with Crippen molar-refractivity contribution in [3.63, 3.8) is 0 Å². The minimum atomic E-state index is -1.97. The molecule has 0 saturated heterocycles. The van der Waals surface area contributed by atoms with E-state index in [0.717, 1.165) is 6.08 Å². The summed E-state index contributed by atoms with van der Waals surface area (Å²) in [5.74, 6) is -2.81. The highest BCUT2D eigenvalue weighted by Crippen LogP contribution is 2.30. The maximum Gasteiger partial charge on any atom is 0.329 e. The molecule has 0 fully saturated rings. The van der Waals surface area contributed by atoms with Crippen LogP contribution in [0.2, 0.25) is 0 Å². The maximum absolute atomic E-state index is 11.0. The summed E-state index contributed by atoms with van der Waals surface area (Å²) < 4.78 is 0. The third-order valence-corrected chi connectivity index (χ3v) is 2.36. The van der Waals surface area contributed by atoms with Crippen molar-refractivity contribution in [3.8, 4) is 0 Å². The molecule has 5 heteroatoms. The quantitative estimate of drug-likeness (QED) is 0.646. The number of carboxylic acids is 2. The first kappa shape index (κ1) is 9.39. The lowest BCUT2D eigenvalue weighted by Gasteiger charge is -2.20. The van der Waals surface area contributed by atoms with E-state index < -0.39 is 17.4 Å². The largest absolute Gasteiger partial charge is 0.480 e. The third-order valence-electron chi connectivity index (χ3n) is 2.36. The molecule has 1 aliphatic carbocycles. The first-order chi connectivity index (χ1) is 7.06. The van der Waals surface area contributed by atoms with Crippen molar-refractivity contribution in [3.05, 3.63) is 36.1 Å². The average molecular weight is 205 g/mol. The van der Waals surface area contributed by atoms with Crippen molar-refractivity contribution in [1.82, 2.24) is 0 Å². The van der Waals surface area contributed by atoms with Gasteiger partial charge in [-0.05, 0) is 23.8 Å². The van der Waals surface area contributed by atoms with Crippen molar-refractivity contribution in [2.24, 2.45) is 10.4 Å². The predicted molar refractivity (Wildman–Crippen MR) is 51.5 cm³/mol. The Hall–Kier alpha value is -2.17. The van der Waals surface area contributed by atoms with E-state index in [1.807, 2.05) is 0 Å². The summed E-state index contributed by atoms with van der Waals surface area (Å²) in [4.78, 5) is 25.9. The second-order valence-corrected chi connectivity index (χ2v) is 3.24. The molecular weight excluding hydrogens is 198 g/mol. The van der Waals surface area contributed by atoms with Gasteiger partial charge in [-0.1, -0.05) is 6.08 Å². The maximum atomic E-state index is 11.0. The lowest BCUT2D eigenvalue weighted by molar-refractivity contribution is -0.157. The summed E-state index contributed by atoms with van der Waals surface area (Å²) in [7, 11) is 0. The van der Waals surface area contributed by atoms with E-state index in [9.17, 15) is 9.59 Å². The Morgan fingerprint density at radius 2 is 1.87 bits per heavy atom. The minimum Gasteiger partial charge on any atom is -0.480 e. The molecule has 76 valence electrons. The predicted octanol–water partition coefficient (Wildman–Crippen LogP) is 0.607. The van der Waals surface area contributed by atoms with Crippen LogP contribution in [0.1, 0.15) is 0 Å². The van der Waals surface area contributed by atoms with E-state index in [2.05, 4.69) is 4.99 Å². The van der Waals surface area contributed by atoms with E-state index >= 15 is 0 Å². The van der Waals surface area contributed by atoms with Gasteiger partial charge in [0.05, 0.1) is 5.71 Å². The van der Waals surface area contributed by atoms with Crippen LogP contribution in [0.15, 0.2) is 41.1 Å². The molecule has 2 aliphatic rings. The molecule has 0 saturated carbocycles. The van der Waals surface area contributed by atoms with Gasteiger partial charge >= 0.3 is 11.9 Å². The van der Waals surface area contributed by atoms with Gasteiger partial charge in [0.25, 0.3) is 0 Å². The highest BCUT2D eigenvalue weighted by Gasteiger charge is 2.44. The molecule has 0 aromatic rings. The number of hydrogen-bond donors (Lipinski definition) is 2. The average Bonchev–Trinajstić information content (AvgIpc) is 2.62. The molecule has 0 spiro atoms. The normalized spacial score (nSPS) is 20.5. The molecule has 5 nitrogen and oxygen atoms in total. The van der Waals surface area contributed by atoms with Gasteiger partial charge in [-0.3, -0.25) is 14.6 Å². The van der Waals surface area contributed by atoms with E-state index in [0.29, 0.717) is 11.3 Å². The van der Waals surface area contributed by atoms with Crippen LogP contribution >= 0.6 is 0 Å². The Morgan fingerprint density at radius 3 is 2.47 bits per heavy atom. The Balaban J connectivity index is 2.55. The van der Waals surface area contributed by atoms with Gasteiger partial charge in [0.1, 0.15) is 0 Å². The molecule has 0 atom stereocenters. The number of carbonyl (C=O) groups is 2.